The van der Waals surface area contributed by atoms with Crippen LogP contribution in [0.2, 0.25) is 0 Å². The van der Waals surface area contributed by atoms with E-state index in [2.05, 4.69) is 104 Å². The van der Waals surface area contributed by atoms with Gasteiger partial charge < -0.3 is 4.57 Å². The quantitative estimate of drug-likeness (QED) is 0.514. The molecule has 0 bridgehead atoms. The Balaban J connectivity index is 2.04. The fraction of sp³-hybridized carbons (Fsp3) is 0.0588. The van der Waals surface area contributed by atoms with Gasteiger partial charge >= 0.3 is 0 Å². The highest BCUT2D eigenvalue weighted by Gasteiger charge is 2.08. The molecule has 0 aliphatic heterocycles. The van der Waals surface area contributed by atoms with E-state index in [1.165, 1.54) is 22.5 Å². The van der Waals surface area contributed by atoms with Crippen LogP contribution < -0.4 is 0 Å². The molecule has 0 aliphatic rings. The van der Waals surface area contributed by atoms with E-state index in [0.717, 1.165) is 8.95 Å². The Kier molecular flexibility index (Phi) is 3.81. The monoisotopic (exact) mass is 389 g/mol. The fourth-order valence-electron chi connectivity index (χ4n) is 2.33. The first kappa shape index (κ1) is 13.7. The van der Waals surface area contributed by atoms with E-state index in [-0.39, 0.29) is 0 Å². The molecule has 1 nitrogen and oxygen atoms in total. The molecule has 0 atom stereocenters. The third kappa shape index (κ3) is 2.60. The van der Waals surface area contributed by atoms with Crippen molar-refractivity contribution in [1.29, 1.82) is 0 Å². The Hall–Kier alpha value is -1.32. The van der Waals surface area contributed by atoms with E-state index in [1.807, 2.05) is 0 Å². The van der Waals surface area contributed by atoms with Crippen molar-refractivity contribution in [2.45, 2.75) is 0 Å². The molecule has 1 aromatic heterocycles. The van der Waals surface area contributed by atoms with Crippen molar-refractivity contribution in [2.24, 2.45) is 7.05 Å². The van der Waals surface area contributed by atoms with E-state index in [0.29, 0.717) is 0 Å². The topological polar surface area (TPSA) is 4.93 Å². The fourth-order valence-corrected chi connectivity index (χ4v) is 2.86. The van der Waals surface area contributed by atoms with Crippen molar-refractivity contribution >= 4 is 31.9 Å². The molecule has 0 spiro atoms. The summed E-state index contributed by atoms with van der Waals surface area (Å²) in [6.07, 6.45) is 0. The number of hydrogen-bond donors (Lipinski definition) is 0. The number of rotatable bonds is 2. The number of halogens is 2. The number of aromatic nitrogens is 1. The van der Waals surface area contributed by atoms with Crippen molar-refractivity contribution < 1.29 is 0 Å². The molecule has 0 unspecified atom stereocenters. The molecule has 0 amide bonds. The second-order valence-electron chi connectivity index (χ2n) is 4.68. The van der Waals surface area contributed by atoms with Gasteiger partial charge in [0.25, 0.3) is 0 Å². The van der Waals surface area contributed by atoms with Crippen LogP contribution in [0.4, 0.5) is 0 Å². The zero-order valence-corrected chi connectivity index (χ0v) is 14.1. The van der Waals surface area contributed by atoms with E-state index < -0.39 is 0 Å². The van der Waals surface area contributed by atoms with Gasteiger partial charge in [-0.05, 0) is 47.5 Å². The molecule has 0 radical (unpaired) electrons. The van der Waals surface area contributed by atoms with Crippen LogP contribution in [0.1, 0.15) is 0 Å². The molecule has 2 aromatic carbocycles. The van der Waals surface area contributed by atoms with Gasteiger partial charge in [0.2, 0.25) is 0 Å². The average Bonchev–Trinajstić information content (AvgIpc) is 2.83. The standard InChI is InChI=1S/C17H13Br2N/c1-20-16(12-2-6-14(18)7-3-12)10-11-17(20)13-4-8-15(19)9-5-13/h2-11H,1H3. The zero-order valence-electron chi connectivity index (χ0n) is 11.0. The third-order valence-corrected chi connectivity index (χ3v) is 4.46. The summed E-state index contributed by atoms with van der Waals surface area (Å²) in [4.78, 5) is 0. The van der Waals surface area contributed by atoms with E-state index in [9.17, 15) is 0 Å². The van der Waals surface area contributed by atoms with Gasteiger partial charge in [-0.3, -0.25) is 0 Å². The van der Waals surface area contributed by atoms with Crippen molar-refractivity contribution in [3.8, 4) is 22.5 Å². The van der Waals surface area contributed by atoms with Crippen LogP contribution in [0.5, 0.6) is 0 Å². The molecule has 100 valence electrons. The summed E-state index contributed by atoms with van der Waals surface area (Å²) >= 11 is 6.95. The highest BCUT2D eigenvalue weighted by Crippen LogP contribution is 2.29. The van der Waals surface area contributed by atoms with Crippen LogP contribution in [0, 0.1) is 0 Å². The maximum atomic E-state index is 3.47. The van der Waals surface area contributed by atoms with Crippen LogP contribution in [0.25, 0.3) is 22.5 Å². The lowest BCUT2D eigenvalue weighted by molar-refractivity contribution is 0.946. The van der Waals surface area contributed by atoms with Gasteiger partial charge in [0.1, 0.15) is 0 Å². The van der Waals surface area contributed by atoms with Gasteiger partial charge in [0.05, 0.1) is 0 Å². The molecule has 0 saturated carbocycles. The summed E-state index contributed by atoms with van der Waals surface area (Å²) in [5.41, 5.74) is 4.88. The predicted molar refractivity (Wildman–Crippen MR) is 91.7 cm³/mol. The minimum Gasteiger partial charge on any atom is -0.344 e. The van der Waals surface area contributed by atoms with Crippen LogP contribution in [0.3, 0.4) is 0 Å². The third-order valence-electron chi connectivity index (χ3n) is 3.40. The molecular weight excluding hydrogens is 378 g/mol. The van der Waals surface area contributed by atoms with Gasteiger partial charge in [0, 0.05) is 27.4 Å². The molecule has 0 saturated heterocycles. The first-order valence-corrected chi connectivity index (χ1v) is 7.91. The average molecular weight is 391 g/mol. The van der Waals surface area contributed by atoms with Gasteiger partial charge in [-0.25, -0.2) is 0 Å². The first-order chi connectivity index (χ1) is 9.65. The van der Waals surface area contributed by atoms with E-state index in [4.69, 9.17) is 0 Å². The summed E-state index contributed by atoms with van der Waals surface area (Å²) in [5, 5.41) is 0. The maximum Gasteiger partial charge on any atom is 0.0482 e. The van der Waals surface area contributed by atoms with Gasteiger partial charge in [0.15, 0.2) is 0 Å². The number of hydrogen-bond acceptors (Lipinski definition) is 0. The smallest absolute Gasteiger partial charge is 0.0482 e. The highest BCUT2D eigenvalue weighted by atomic mass is 79.9. The molecule has 3 heteroatoms. The second-order valence-corrected chi connectivity index (χ2v) is 6.51. The van der Waals surface area contributed by atoms with Crippen molar-refractivity contribution in [2.75, 3.05) is 0 Å². The minimum absolute atomic E-state index is 1.10. The molecule has 1 heterocycles. The SMILES string of the molecule is Cn1c(-c2ccc(Br)cc2)ccc1-c1ccc(Br)cc1. The number of nitrogens with zero attached hydrogens (tertiary/aromatic N) is 1. The van der Waals surface area contributed by atoms with Crippen molar-refractivity contribution in [3.05, 3.63) is 69.6 Å². The summed E-state index contributed by atoms with van der Waals surface area (Å²) in [5.74, 6) is 0. The minimum atomic E-state index is 1.10. The molecule has 0 fully saturated rings. The Labute approximate surface area is 135 Å². The van der Waals surface area contributed by atoms with Gasteiger partial charge in [-0.2, -0.15) is 0 Å². The maximum absolute atomic E-state index is 3.47. The summed E-state index contributed by atoms with van der Waals surface area (Å²) in [7, 11) is 2.11. The normalized spacial score (nSPS) is 10.8. The largest absolute Gasteiger partial charge is 0.344 e. The lowest BCUT2D eigenvalue weighted by atomic mass is 10.1. The summed E-state index contributed by atoms with van der Waals surface area (Å²) in [6, 6.07) is 21.1. The van der Waals surface area contributed by atoms with Crippen LogP contribution in [-0.2, 0) is 7.05 Å². The Morgan fingerprint density at radius 2 is 0.950 bits per heavy atom. The summed E-state index contributed by atoms with van der Waals surface area (Å²) in [6.45, 7) is 0. The van der Waals surface area contributed by atoms with Crippen molar-refractivity contribution in [1.82, 2.24) is 4.57 Å². The summed E-state index contributed by atoms with van der Waals surface area (Å²) < 4.78 is 4.43. The lowest BCUT2D eigenvalue weighted by Gasteiger charge is -2.08. The second kappa shape index (κ2) is 5.58. The zero-order chi connectivity index (χ0) is 14.1. The molecule has 20 heavy (non-hydrogen) atoms. The molecule has 0 aliphatic carbocycles. The Morgan fingerprint density at radius 1 is 0.600 bits per heavy atom. The van der Waals surface area contributed by atoms with Crippen LogP contribution in [-0.4, -0.2) is 4.57 Å². The van der Waals surface area contributed by atoms with Crippen molar-refractivity contribution in [3.63, 3.8) is 0 Å². The Bertz CT molecular complexity index is 662. The molecule has 0 N–H and O–H groups in total. The van der Waals surface area contributed by atoms with Gasteiger partial charge in [-0.15, -0.1) is 0 Å². The lowest BCUT2D eigenvalue weighted by Crippen LogP contribution is -1.94. The highest BCUT2D eigenvalue weighted by molar-refractivity contribution is 9.10. The molecule has 3 rings (SSSR count). The number of benzene rings is 2. The molecule has 3 aromatic rings. The van der Waals surface area contributed by atoms with Crippen LogP contribution in [0.15, 0.2) is 69.6 Å². The van der Waals surface area contributed by atoms with E-state index in [1.54, 1.807) is 0 Å². The van der Waals surface area contributed by atoms with Crippen LogP contribution >= 0.6 is 31.9 Å². The molecular formula is C17H13Br2N. The predicted octanol–water partition coefficient (Wildman–Crippen LogP) is 5.88. The first-order valence-electron chi connectivity index (χ1n) is 6.33. The van der Waals surface area contributed by atoms with E-state index >= 15 is 0 Å². The Morgan fingerprint density at radius 3 is 1.30 bits per heavy atom. The van der Waals surface area contributed by atoms with Gasteiger partial charge in [-0.1, -0.05) is 56.1 Å².